The first-order valence-corrected chi connectivity index (χ1v) is 6.59. The fourth-order valence-electron chi connectivity index (χ4n) is 1.65. The second-order valence-electron chi connectivity index (χ2n) is 4.48. The van der Waals surface area contributed by atoms with Crippen molar-refractivity contribution < 1.29 is 14.7 Å². The molecule has 0 heterocycles. The molecule has 0 unspecified atom stereocenters. The number of anilines is 1. The van der Waals surface area contributed by atoms with Gasteiger partial charge in [-0.1, -0.05) is 18.2 Å². The monoisotopic (exact) mass is 297 g/mol. The van der Waals surface area contributed by atoms with Gasteiger partial charge in [-0.15, -0.1) is 0 Å². The Morgan fingerprint density at radius 1 is 1.00 bits per heavy atom. The van der Waals surface area contributed by atoms with Crippen LogP contribution in [0.25, 0.3) is 0 Å². The number of carbonyl (C=O) groups excluding carboxylic acids is 2. The Labute approximate surface area is 127 Å². The summed E-state index contributed by atoms with van der Waals surface area (Å²) in [5, 5.41) is 15.5. The molecule has 0 aromatic heterocycles. The Morgan fingerprint density at radius 2 is 1.68 bits per heavy atom. The molecule has 0 spiro atoms. The molecule has 22 heavy (non-hydrogen) atoms. The van der Waals surface area contributed by atoms with Crippen LogP contribution in [0, 0.1) is 0 Å². The standard InChI is InChI=1S/C16H15N3O3/c20-14-8-6-12(7-9-14)11-17-19-16(22)10-15(21)18-13-4-2-1-3-5-13/h1-9,11,20H,10H2,(H,18,21)(H,19,22). The van der Waals surface area contributed by atoms with Crippen molar-refractivity contribution in [3.8, 4) is 5.75 Å². The predicted molar refractivity (Wildman–Crippen MR) is 83.5 cm³/mol. The van der Waals surface area contributed by atoms with Gasteiger partial charge in [0.05, 0.1) is 6.21 Å². The van der Waals surface area contributed by atoms with Gasteiger partial charge in [0, 0.05) is 5.69 Å². The number of aromatic hydroxyl groups is 1. The maximum Gasteiger partial charge on any atom is 0.249 e. The minimum atomic E-state index is -0.511. The summed E-state index contributed by atoms with van der Waals surface area (Å²) < 4.78 is 0. The molecule has 2 aromatic carbocycles. The maximum atomic E-state index is 11.6. The molecular formula is C16H15N3O3. The van der Waals surface area contributed by atoms with Gasteiger partial charge < -0.3 is 10.4 Å². The van der Waals surface area contributed by atoms with E-state index in [0.717, 1.165) is 0 Å². The van der Waals surface area contributed by atoms with E-state index < -0.39 is 11.8 Å². The maximum absolute atomic E-state index is 11.6. The number of phenolic OH excluding ortho intramolecular Hbond substituents is 1. The molecule has 2 aromatic rings. The van der Waals surface area contributed by atoms with Crippen LogP contribution in [-0.4, -0.2) is 23.1 Å². The third-order valence-corrected chi connectivity index (χ3v) is 2.67. The van der Waals surface area contributed by atoms with E-state index in [9.17, 15) is 9.59 Å². The summed E-state index contributed by atoms with van der Waals surface area (Å²) in [7, 11) is 0. The van der Waals surface area contributed by atoms with Crippen molar-refractivity contribution in [1.29, 1.82) is 0 Å². The molecule has 0 fully saturated rings. The van der Waals surface area contributed by atoms with Gasteiger partial charge in [0.25, 0.3) is 0 Å². The Hall–Kier alpha value is -3.15. The number of rotatable bonds is 5. The van der Waals surface area contributed by atoms with Gasteiger partial charge >= 0.3 is 0 Å². The van der Waals surface area contributed by atoms with Crippen molar-refractivity contribution in [2.45, 2.75) is 6.42 Å². The second kappa shape index (κ2) is 7.58. The first kappa shape index (κ1) is 15.2. The highest BCUT2D eigenvalue weighted by Gasteiger charge is 2.08. The van der Waals surface area contributed by atoms with Gasteiger partial charge in [0.2, 0.25) is 11.8 Å². The molecule has 0 bridgehead atoms. The number of phenols is 1. The number of benzene rings is 2. The van der Waals surface area contributed by atoms with E-state index in [1.807, 2.05) is 6.07 Å². The molecule has 6 nitrogen and oxygen atoms in total. The Morgan fingerprint density at radius 3 is 2.36 bits per heavy atom. The highest BCUT2D eigenvalue weighted by Crippen LogP contribution is 2.07. The largest absolute Gasteiger partial charge is 0.508 e. The zero-order valence-electron chi connectivity index (χ0n) is 11.7. The summed E-state index contributed by atoms with van der Waals surface area (Å²) in [5.41, 5.74) is 3.62. The highest BCUT2D eigenvalue weighted by molar-refractivity contribution is 6.03. The fraction of sp³-hybridized carbons (Fsp3) is 0.0625. The minimum Gasteiger partial charge on any atom is -0.508 e. The summed E-state index contributed by atoms with van der Waals surface area (Å²) in [4.78, 5) is 23.2. The van der Waals surface area contributed by atoms with Crippen LogP contribution in [0.1, 0.15) is 12.0 Å². The zero-order chi connectivity index (χ0) is 15.8. The average Bonchev–Trinajstić information content (AvgIpc) is 2.50. The van der Waals surface area contributed by atoms with E-state index in [4.69, 9.17) is 5.11 Å². The van der Waals surface area contributed by atoms with E-state index in [-0.39, 0.29) is 12.2 Å². The second-order valence-corrected chi connectivity index (χ2v) is 4.48. The molecular weight excluding hydrogens is 282 g/mol. The third kappa shape index (κ3) is 5.09. The van der Waals surface area contributed by atoms with Crippen LogP contribution in [0.15, 0.2) is 59.7 Å². The van der Waals surface area contributed by atoms with Crippen molar-refractivity contribution in [1.82, 2.24) is 5.43 Å². The van der Waals surface area contributed by atoms with E-state index >= 15 is 0 Å². The summed E-state index contributed by atoms with van der Waals surface area (Å²) in [6.45, 7) is 0. The fourth-order valence-corrected chi connectivity index (χ4v) is 1.65. The van der Waals surface area contributed by atoms with Gasteiger partial charge in [-0.3, -0.25) is 9.59 Å². The summed E-state index contributed by atoms with van der Waals surface area (Å²) in [6.07, 6.45) is 1.11. The normalized spacial score (nSPS) is 10.4. The predicted octanol–water partition coefficient (Wildman–Crippen LogP) is 1.87. The lowest BCUT2D eigenvalue weighted by Gasteiger charge is -2.03. The van der Waals surface area contributed by atoms with E-state index in [2.05, 4.69) is 15.8 Å². The Balaban J connectivity index is 1.78. The first-order valence-electron chi connectivity index (χ1n) is 6.59. The van der Waals surface area contributed by atoms with E-state index in [0.29, 0.717) is 11.3 Å². The van der Waals surface area contributed by atoms with Crippen LogP contribution in [-0.2, 0) is 9.59 Å². The SMILES string of the molecule is O=C(CC(=O)Nc1ccccc1)NN=Cc1ccc(O)cc1. The molecule has 0 aliphatic heterocycles. The molecule has 0 radical (unpaired) electrons. The quantitative estimate of drug-likeness (QED) is 0.447. The molecule has 0 aliphatic rings. The summed E-state index contributed by atoms with van der Waals surface area (Å²) in [6, 6.07) is 15.2. The number of amides is 2. The topological polar surface area (TPSA) is 90.8 Å². The minimum absolute atomic E-state index is 0.152. The smallest absolute Gasteiger partial charge is 0.249 e. The van der Waals surface area contributed by atoms with Crippen LogP contribution >= 0.6 is 0 Å². The summed E-state index contributed by atoms with van der Waals surface area (Å²) >= 11 is 0. The van der Waals surface area contributed by atoms with Crippen molar-refractivity contribution in [3.63, 3.8) is 0 Å². The number of nitrogens with zero attached hydrogens (tertiary/aromatic N) is 1. The lowest BCUT2D eigenvalue weighted by molar-refractivity contribution is -0.126. The van der Waals surface area contributed by atoms with Crippen molar-refractivity contribution in [2.75, 3.05) is 5.32 Å². The lowest BCUT2D eigenvalue weighted by atomic mass is 10.2. The van der Waals surface area contributed by atoms with Gasteiger partial charge in [-0.05, 0) is 42.0 Å². The van der Waals surface area contributed by atoms with Crippen LogP contribution in [0.3, 0.4) is 0 Å². The molecule has 3 N–H and O–H groups in total. The number of para-hydroxylation sites is 1. The third-order valence-electron chi connectivity index (χ3n) is 2.67. The Kier molecular flexibility index (Phi) is 5.25. The first-order chi connectivity index (χ1) is 10.6. The van der Waals surface area contributed by atoms with Crippen LogP contribution < -0.4 is 10.7 Å². The lowest BCUT2D eigenvalue weighted by Crippen LogP contribution is -2.24. The van der Waals surface area contributed by atoms with Crippen LogP contribution in [0.5, 0.6) is 5.75 Å². The highest BCUT2D eigenvalue weighted by atomic mass is 16.3. The molecule has 6 heteroatoms. The number of carbonyl (C=O) groups is 2. The molecule has 0 saturated carbocycles. The van der Waals surface area contributed by atoms with Gasteiger partial charge in [0.1, 0.15) is 12.2 Å². The molecule has 2 rings (SSSR count). The van der Waals surface area contributed by atoms with Crippen LogP contribution in [0.4, 0.5) is 5.69 Å². The number of hydrazone groups is 1. The number of hydrogen-bond acceptors (Lipinski definition) is 4. The van der Waals surface area contributed by atoms with Crippen molar-refractivity contribution >= 4 is 23.7 Å². The molecule has 0 atom stereocenters. The van der Waals surface area contributed by atoms with Gasteiger partial charge in [0.15, 0.2) is 0 Å². The average molecular weight is 297 g/mol. The zero-order valence-corrected chi connectivity index (χ0v) is 11.7. The molecule has 0 aliphatic carbocycles. The van der Waals surface area contributed by atoms with Crippen molar-refractivity contribution in [3.05, 3.63) is 60.2 Å². The molecule has 112 valence electrons. The molecule has 0 saturated heterocycles. The number of hydrogen-bond donors (Lipinski definition) is 3. The van der Waals surface area contributed by atoms with Gasteiger partial charge in [-0.25, -0.2) is 5.43 Å². The summed E-state index contributed by atoms with van der Waals surface area (Å²) in [5.74, 6) is -0.772. The van der Waals surface area contributed by atoms with E-state index in [1.165, 1.54) is 18.3 Å². The molecule has 2 amide bonds. The van der Waals surface area contributed by atoms with Gasteiger partial charge in [-0.2, -0.15) is 5.10 Å². The van der Waals surface area contributed by atoms with Crippen LogP contribution in [0.2, 0.25) is 0 Å². The van der Waals surface area contributed by atoms with E-state index in [1.54, 1.807) is 36.4 Å². The Bertz CT molecular complexity index is 667. The number of nitrogens with one attached hydrogen (secondary N) is 2. The van der Waals surface area contributed by atoms with Crippen molar-refractivity contribution in [2.24, 2.45) is 5.10 Å².